The summed E-state index contributed by atoms with van der Waals surface area (Å²) in [4.78, 5) is 10.5. The molecule has 0 aliphatic rings. The molecule has 3 heteroatoms. The fraction of sp³-hybridized carbons (Fsp3) is 0.786. The smallest absolute Gasteiger partial charge is 0.246 e. The van der Waals surface area contributed by atoms with E-state index in [0.29, 0.717) is 6.42 Å². The molecule has 0 heterocycles. The molecule has 100 valence electrons. The number of hydrogen-bond acceptors (Lipinski definition) is 2. The summed E-state index contributed by atoms with van der Waals surface area (Å²) < 4.78 is 0. The molecule has 0 aromatic heterocycles. The van der Waals surface area contributed by atoms with Gasteiger partial charge in [-0.25, -0.2) is 0 Å². The molecule has 3 N–H and O–H groups in total. The van der Waals surface area contributed by atoms with E-state index < -0.39 is 12.0 Å². The quantitative estimate of drug-likeness (QED) is 0.431. The van der Waals surface area contributed by atoms with Crippen molar-refractivity contribution in [3.05, 3.63) is 12.2 Å². The van der Waals surface area contributed by atoms with E-state index in [1.807, 2.05) is 6.08 Å². The Labute approximate surface area is 105 Å². The summed E-state index contributed by atoms with van der Waals surface area (Å²) in [5.41, 5.74) is 4.94. The summed E-state index contributed by atoms with van der Waals surface area (Å²) >= 11 is 0. The average Bonchev–Trinajstić information content (AvgIpc) is 2.31. The lowest BCUT2D eigenvalue weighted by Crippen LogP contribution is -2.27. The van der Waals surface area contributed by atoms with E-state index in [1.165, 1.54) is 38.5 Å². The van der Waals surface area contributed by atoms with Gasteiger partial charge in [-0.1, -0.05) is 51.2 Å². The number of carbonyl (C=O) groups is 1. The highest BCUT2D eigenvalue weighted by atomic mass is 16.3. The third-order valence-electron chi connectivity index (χ3n) is 2.83. The highest BCUT2D eigenvalue weighted by Crippen LogP contribution is 2.07. The highest BCUT2D eigenvalue weighted by Gasteiger charge is 2.07. The van der Waals surface area contributed by atoms with Crippen LogP contribution in [0.15, 0.2) is 12.2 Å². The zero-order chi connectivity index (χ0) is 12.9. The van der Waals surface area contributed by atoms with Crippen LogP contribution in [0.2, 0.25) is 0 Å². The molecule has 0 aromatic carbocycles. The van der Waals surface area contributed by atoms with E-state index in [4.69, 9.17) is 10.8 Å². The van der Waals surface area contributed by atoms with E-state index >= 15 is 0 Å². The minimum absolute atomic E-state index is 0.433. The van der Waals surface area contributed by atoms with Crippen LogP contribution in [0.5, 0.6) is 0 Å². The fourth-order valence-electron chi connectivity index (χ4n) is 1.67. The first-order valence-electron chi connectivity index (χ1n) is 6.80. The molecule has 3 nitrogen and oxygen atoms in total. The van der Waals surface area contributed by atoms with Gasteiger partial charge < -0.3 is 10.8 Å². The van der Waals surface area contributed by atoms with Crippen LogP contribution in [0.3, 0.4) is 0 Å². The number of allylic oxidation sites excluding steroid dienone is 2. The predicted molar refractivity (Wildman–Crippen MR) is 71.6 cm³/mol. The van der Waals surface area contributed by atoms with Gasteiger partial charge in [-0.15, -0.1) is 0 Å². The molecular weight excluding hydrogens is 214 g/mol. The molecule has 0 aliphatic carbocycles. The maximum absolute atomic E-state index is 10.5. The molecular formula is C14H27NO2. The number of nitrogens with two attached hydrogens (primary N) is 1. The average molecular weight is 241 g/mol. The fourth-order valence-corrected chi connectivity index (χ4v) is 1.67. The second-order valence-corrected chi connectivity index (χ2v) is 4.52. The first kappa shape index (κ1) is 16.2. The number of aliphatic hydroxyl groups excluding tert-OH is 1. The third kappa shape index (κ3) is 11.4. The van der Waals surface area contributed by atoms with E-state index in [2.05, 4.69) is 13.0 Å². The van der Waals surface area contributed by atoms with Crippen molar-refractivity contribution in [3.8, 4) is 0 Å². The van der Waals surface area contributed by atoms with Gasteiger partial charge in [-0.3, -0.25) is 4.79 Å². The molecule has 0 radical (unpaired) electrons. The van der Waals surface area contributed by atoms with Gasteiger partial charge in [0.15, 0.2) is 0 Å². The lowest BCUT2D eigenvalue weighted by Gasteiger charge is -2.02. The minimum atomic E-state index is -0.992. The first-order valence-corrected chi connectivity index (χ1v) is 6.80. The molecule has 0 fully saturated rings. The van der Waals surface area contributed by atoms with Gasteiger partial charge in [-0.05, 0) is 25.7 Å². The standard InChI is InChI=1S/C14H27NO2/c1-2-3-4-5-6-7-8-9-10-11-12-13(16)14(15)17/h9-10,13,16H,2-8,11-12H2,1H3,(H2,15,17)/b10-9+/t13-/m1/s1. The van der Waals surface area contributed by atoms with Gasteiger partial charge in [0.1, 0.15) is 6.10 Å². The van der Waals surface area contributed by atoms with Gasteiger partial charge in [-0.2, -0.15) is 0 Å². The molecule has 0 aliphatic heterocycles. The lowest BCUT2D eigenvalue weighted by molar-refractivity contribution is -0.126. The van der Waals surface area contributed by atoms with Crippen LogP contribution < -0.4 is 5.73 Å². The topological polar surface area (TPSA) is 63.3 Å². The summed E-state index contributed by atoms with van der Waals surface area (Å²) in [7, 11) is 0. The Balaban J connectivity index is 3.23. The molecule has 0 rings (SSSR count). The van der Waals surface area contributed by atoms with Gasteiger partial charge in [0.05, 0.1) is 0 Å². The largest absolute Gasteiger partial charge is 0.383 e. The van der Waals surface area contributed by atoms with Crippen molar-refractivity contribution in [1.29, 1.82) is 0 Å². The molecule has 0 bridgehead atoms. The Morgan fingerprint density at radius 2 is 1.71 bits per heavy atom. The minimum Gasteiger partial charge on any atom is -0.383 e. The molecule has 0 unspecified atom stereocenters. The molecule has 0 saturated heterocycles. The monoisotopic (exact) mass is 241 g/mol. The van der Waals surface area contributed by atoms with E-state index in [9.17, 15) is 4.79 Å². The van der Waals surface area contributed by atoms with Crippen LogP contribution in [0.4, 0.5) is 0 Å². The van der Waals surface area contributed by atoms with E-state index in [-0.39, 0.29) is 0 Å². The maximum atomic E-state index is 10.5. The Morgan fingerprint density at radius 3 is 2.35 bits per heavy atom. The third-order valence-corrected chi connectivity index (χ3v) is 2.83. The van der Waals surface area contributed by atoms with Crippen molar-refractivity contribution < 1.29 is 9.90 Å². The summed E-state index contributed by atoms with van der Waals surface area (Å²) in [5.74, 6) is -0.630. The van der Waals surface area contributed by atoms with Crippen LogP contribution in [-0.2, 0) is 4.79 Å². The first-order chi connectivity index (χ1) is 8.18. The van der Waals surface area contributed by atoms with Crippen LogP contribution in [0, 0.1) is 0 Å². The normalized spacial score (nSPS) is 13.1. The Kier molecular flexibility index (Phi) is 11.1. The molecule has 0 saturated carbocycles. The zero-order valence-electron chi connectivity index (χ0n) is 11.0. The molecule has 1 atom stereocenters. The van der Waals surface area contributed by atoms with Crippen LogP contribution in [0.1, 0.15) is 64.7 Å². The van der Waals surface area contributed by atoms with Gasteiger partial charge in [0.25, 0.3) is 0 Å². The lowest BCUT2D eigenvalue weighted by atomic mass is 10.1. The second-order valence-electron chi connectivity index (χ2n) is 4.52. The predicted octanol–water partition coefficient (Wildman–Crippen LogP) is 2.92. The number of unbranched alkanes of at least 4 members (excludes halogenated alkanes) is 6. The second kappa shape index (κ2) is 11.6. The number of rotatable bonds is 11. The van der Waals surface area contributed by atoms with Crippen molar-refractivity contribution in [1.82, 2.24) is 0 Å². The molecule has 0 spiro atoms. The van der Waals surface area contributed by atoms with Crippen molar-refractivity contribution in [3.63, 3.8) is 0 Å². The molecule has 17 heavy (non-hydrogen) atoms. The summed E-state index contributed by atoms with van der Waals surface area (Å²) in [6.45, 7) is 2.23. The van der Waals surface area contributed by atoms with Crippen molar-refractivity contribution in [2.75, 3.05) is 0 Å². The number of hydrogen-bond donors (Lipinski definition) is 2. The number of aliphatic hydroxyl groups is 1. The van der Waals surface area contributed by atoms with Crippen LogP contribution in [-0.4, -0.2) is 17.1 Å². The van der Waals surface area contributed by atoms with Crippen molar-refractivity contribution in [2.24, 2.45) is 5.73 Å². The number of amides is 1. The van der Waals surface area contributed by atoms with Gasteiger partial charge in [0.2, 0.25) is 5.91 Å². The Bertz CT molecular complexity index is 214. The van der Waals surface area contributed by atoms with E-state index in [1.54, 1.807) is 0 Å². The summed E-state index contributed by atoms with van der Waals surface area (Å²) in [6.07, 6.45) is 13.3. The van der Waals surface area contributed by atoms with Crippen LogP contribution >= 0.6 is 0 Å². The maximum Gasteiger partial charge on any atom is 0.246 e. The SMILES string of the molecule is CCCCCCCC/C=C/CC[C@@H](O)C(N)=O. The Hall–Kier alpha value is -0.830. The summed E-state index contributed by atoms with van der Waals surface area (Å²) in [6, 6.07) is 0. The molecule has 0 aromatic rings. The van der Waals surface area contributed by atoms with Crippen LogP contribution in [0.25, 0.3) is 0 Å². The van der Waals surface area contributed by atoms with Crippen molar-refractivity contribution in [2.45, 2.75) is 70.8 Å². The van der Waals surface area contributed by atoms with Crippen molar-refractivity contribution >= 4 is 5.91 Å². The number of carbonyl (C=O) groups excluding carboxylic acids is 1. The Morgan fingerprint density at radius 1 is 1.12 bits per heavy atom. The highest BCUT2D eigenvalue weighted by molar-refractivity contribution is 5.78. The molecule has 1 amide bonds. The zero-order valence-corrected chi connectivity index (χ0v) is 11.0. The number of primary amides is 1. The summed E-state index contributed by atoms with van der Waals surface area (Å²) in [5, 5.41) is 9.14. The van der Waals surface area contributed by atoms with E-state index in [0.717, 1.165) is 12.8 Å². The van der Waals surface area contributed by atoms with Gasteiger partial charge >= 0.3 is 0 Å². The van der Waals surface area contributed by atoms with Gasteiger partial charge in [0, 0.05) is 0 Å².